The lowest BCUT2D eigenvalue weighted by molar-refractivity contribution is -0.122. The summed E-state index contributed by atoms with van der Waals surface area (Å²) in [7, 11) is 0. The number of hydrogen-bond donors (Lipinski definition) is 2. The molecule has 112 valence electrons. The zero-order valence-corrected chi connectivity index (χ0v) is 13.1. The van der Waals surface area contributed by atoms with Gasteiger partial charge in [0.15, 0.2) is 0 Å². The molecule has 0 bridgehead atoms. The van der Waals surface area contributed by atoms with Gasteiger partial charge in [-0.15, -0.1) is 0 Å². The fraction of sp³-hybridized carbons (Fsp3) is 0.588. The van der Waals surface area contributed by atoms with Gasteiger partial charge in [0.25, 0.3) is 0 Å². The van der Waals surface area contributed by atoms with Gasteiger partial charge in [0, 0.05) is 6.42 Å². The second kappa shape index (κ2) is 8.05. The SMILES string of the molecule is CC(C)c1ccc(C(NC(=O)CCCN)C(C)C)cc1. The van der Waals surface area contributed by atoms with E-state index in [9.17, 15) is 4.79 Å². The fourth-order valence-electron chi connectivity index (χ4n) is 2.23. The summed E-state index contributed by atoms with van der Waals surface area (Å²) in [5.41, 5.74) is 7.94. The average molecular weight is 276 g/mol. The molecule has 1 rings (SSSR count). The summed E-state index contributed by atoms with van der Waals surface area (Å²) < 4.78 is 0. The van der Waals surface area contributed by atoms with E-state index in [2.05, 4.69) is 57.3 Å². The number of benzene rings is 1. The Hall–Kier alpha value is -1.35. The lowest BCUT2D eigenvalue weighted by atomic mass is 9.93. The summed E-state index contributed by atoms with van der Waals surface area (Å²) in [4.78, 5) is 11.9. The largest absolute Gasteiger partial charge is 0.349 e. The number of amides is 1. The molecule has 0 aliphatic heterocycles. The van der Waals surface area contributed by atoms with Gasteiger partial charge in [0.05, 0.1) is 6.04 Å². The first-order chi connectivity index (χ1) is 9.45. The summed E-state index contributed by atoms with van der Waals surface area (Å²) in [6, 6.07) is 8.64. The average Bonchev–Trinajstić information content (AvgIpc) is 2.42. The van der Waals surface area contributed by atoms with E-state index in [0.717, 1.165) is 6.42 Å². The first kappa shape index (κ1) is 16.7. The molecule has 20 heavy (non-hydrogen) atoms. The number of nitrogens with one attached hydrogen (secondary N) is 1. The lowest BCUT2D eigenvalue weighted by Crippen LogP contribution is -2.31. The second-order valence-electron chi connectivity index (χ2n) is 6.00. The van der Waals surface area contributed by atoms with Gasteiger partial charge < -0.3 is 11.1 Å². The number of rotatable bonds is 7. The van der Waals surface area contributed by atoms with Crippen LogP contribution in [-0.2, 0) is 4.79 Å². The molecule has 0 aromatic heterocycles. The molecule has 3 heteroatoms. The van der Waals surface area contributed by atoms with Crippen LogP contribution in [0, 0.1) is 5.92 Å². The van der Waals surface area contributed by atoms with E-state index in [4.69, 9.17) is 5.73 Å². The maximum absolute atomic E-state index is 11.9. The van der Waals surface area contributed by atoms with Crippen LogP contribution in [0.2, 0.25) is 0 Å². The van der Waals surface area contributed by atoms with Crippen LogP contribution in [0.3, 0.4) is 0 Å². The van der Waals surface area contributed by atoms with Crippen LogP contribution in [0.5, 0.6) is 0 Å². The van der Waals surface area contributed by atoms with Crippen LogP contribution in [0.25, 0.3) is 0 Å². The van der Waals surface area contributed by atoms with Crippen molar-refractivity contribution in [3.8, 4) is 0 Å². The van der Waals surface area contributed by atoms with Gasteiger partial charge >= 0.3 is 0 Å². The molecule has 0 heterocycles. The molecule has 3 N–H and O–H groups in total. The number of carbonyl (C=O) groups excluding carboxylic acids is 1. The van der Waals surface area contributed by atoms with Crippen molar-refractivity contribution < 1.29 is 4.79 Å². The molecule has 1 aromatic rings. The van der Waals surface area contributed by atoms with Gasteiger partial charge in [0.1, 0.15) is 0 Å². The molecule has 1 atom stereocenters. The molecule has 1 amide bonds. The van der Waals surface area contributed by atoms with Crippen LogP contribution < -0.4 is 11.1 Å². The van der Waals surface area contributed by atoms with E-state index in [1.807, 2.05) is 0 Å². The van der Waals surface area contributed by atoms with E-state index in [0.29, 0.717) is 24.8 Å². The summed E-state index contributed by atoms with van der Waals surface area (Å²) in [5.74, 6) is 0.976. The molecule has 1 aromatic carbocycles. The van der Waals surface area contributed by atoms with Gasteiger partial charge in [-0.25, -0.2) is 0 Å². The fourth-order valence-corrected chi connectivity index (χ4v) is 2.23. The minimum atomic E-state index is 0.0708. The highest BCUT2D eigenvalue weighted by Crippen LogP contribution is 2.24. The van der Waals surface area contributed by atoms with Crippen molar-refractivity contribution in [3.63, 3.8) is 0 Å². The minimum Gasteiger partial charge on any atom is -0.349 e. The third-order valence-electron chi connectivity index (χ3n) is 3.55. The van der Waals surface area contributed by atoms with Crippen molar-refractivity contribution in [2.24, 2.45) is 11.7 Å². The van der Waals surface area contributed by atoms with E-state index >= 15 is 0 Å². The molecule has 0 aliphatic rings. The standard InChI is InChI=1S/C17H28N2O/c1-12(2)14-7-9-15(10-8-14)17(13(3)4)19-16(20)6-5-11-18/h7-10,12-13,17H,5-6,11,18H2,1-4H3,(H,19,20). The van der Waals surface area contributed by atoms with Crippen LogP contribution in [0.1, 0.15) is 63.6 Å². The molecule has 0 radical (unpaired) electrons. The Labute approximate surface area is 122 Å². The van der Waals surface area contributed by atoms with Crippen LogP contribution in [-0.4, -0.2) is 12.5 Å². The summed E-state index contributed by atoms with van der Waals surface area (Å²) in [6.45, 7) is 9.18. The van der Waals surface area contributed by atoms with Crippen LogP contribution in [0.4, 0.5) is 0 Å². The van der Waals surface area contributed by atoms with Crippen molar-refractivity contribution in [3.05, 3.63) is 35.4 Å². The third-order valence-corrected chi connectivity index (χ3v) is 3.55. The molecule has 0 fully saturated rings. The van der Waals surface area contributed by atoms with Crippen LogP contribution in [0.15, 0.2) is 24.3 Å². The molecular formula is C17H28N2O. The highest BCUT2D eigenvalue weighted by molar-refractivity contribution is 5.76. The molecule has 1 unspecified atom stereocenters. The van der Waals surface area contributed by atoms with Gasteiger partial charge in [-0.2, -0.15) is 0 Å². The predicted molar refractivity (Wildman–Crippen MR) is 84.5 cm³/mol. The number of carbonyl (C=O) groups is 1. The summed E-state index contributed by atoms with van der Waals surface area (Å²) in [5, 5.41) is 3.12. The maximum Gasteiger partial charge on any atom is 0.220 e. The zero-order valence-electron chi connectivity index (χ0n) is 13.1. The van der Waals surface area contributed by atoms with Crippen LogP contribution >= 0.6 is 0 Å². The van der Waals surface area contributed by atoms with Crippen molar-refractivity contribution in [2.75, 3.05) is 6.54 Å². The monoisotopic (exact) mass is 276 g/mol. The molecule has 0 spiro atoms. The Kier molecular flexibility index (Phi) is 6.73. The first-order valence-electron chi connectivity index (χ1n) is 7.55. The Morgan fingerprint density at radius 2 is 1.65 bits per heavy atom. The summed E-state index contributed by atoms with van der Waals surface area (Å²) >= 11 is 0. The van der Waals surface area contributed by atoms with Crippen molar-refractivity contribution in [2.45, 2.75) is 52.5 Å². The predicted octanol–water partition coefficient (Wildman–Crippen LogP) is 3.36. The molecule has 0 aliphatic carbocycles. The molecule has 0 saturated carbocycles. The van der Waals surface area contributed by atoms with Crippen molar-refractivity contribution in [1.82, 2.24) is 5.32 Å². The Morgan fingerprint density at radius 1 is 1.10 bits per heavy atom. The molecular weight excluding hydrogens is 248 g/mol. The normalized spacial score (nSPS) is 12.8. The Balaban J connectivity index is 2.77. The Bertz CT molecular complexity index is 410. The van der Waals surface area contributed by atoms with Crippen molar-refractivity contribution in [1.29, 1.82) is 0 Å². The van der Waals surface area contributed by atoms with E-state index in [1.165, 1.54) is 11.1 Å². The highest BCUT2D eigenvalue weighted by atomic mass is 16.1. The van der Waals surface area contributed by atoms with E-state index < -0.39 is 0 Å². The minimum absolute atomic E-state index is 0.0708. The number of nitrogens with two attached hydrogens (primary N) is 1. The lowest BCUT2D eigenvalue weighted by Gasteiger charge is -2.23. The smallest absolute Gasteiger partial charge is 0.220 e. The topological polar surface area (TPSA) is 55.1 Å². The summed E-state index contributed by atoms with van der Waals surface area (Å²) in [6.07, 6.45) is 1.24. The zero-order chi connectivity index (χ0) is 15.1. The second-order valence-corrected chi connectivity index (χ2v) is 6.00. The van der Waals surface area contributed by atoms with E-state index in [1.54, 1.807) is 0 Å². The molecule has 0 saturated heterocycles. The van der Waals surface area contributed by atoms with Gasteiger partial charge in [-0.3, -0.25) is 4.79 Å². The van der Waals surface area contributed by atoms with Gasteiger partial charge in [0.2, 0.25) is 5.91 Å². The van der Waals surface area contributed by atoms with Gasteiger partial charge in [-0.05, 0) is 35.9 Å². The van der Waals surface area contributed by atoms with E-state index in [-0.39, 0.29) is 11.9 Å². The quantitative estimate of drug-likeness (QED) is 0.802. The van der Waals surface area contributed by atoms with Crippen molar-refractivity contribution >= 4 is 5.91 Å². The Morgan fingerprint density at radius 3 is 2.10 bits per heavy atom. The highest BCUT2D eigenvalue weighted by Gasteiger charge is 2.18. The first-order valence-corrected chi connectivity index (χ1v) is 7.55. The third kappa shape index (κ3) is 4.97. The number of hydrogen-bond acceptors (Lipinski definition) is 2. The van der Waals surface area contributed by atoms with Gasteiger partial charge in [-0.1, -0.05) is 52.0 Å². The maximum atomic E-state index is 11.9. The molecule has 3 nitrogen and oxygen atoms in total.